The number of nitrogens with one attached hydrogen (secondary N) is 1. The number of anilines is 1. The monoisotopic (exact) mass is 442 g/mol. The standard InChI is InChI=1S/C22H19ClN2O4S/c23-17-11-12-20-19(13-17)25(30(27,28)18-9-5-2-6-10-18)15-21(29-20)22(26)24-14-16-7-3-1-4-8-16/h1-13,21H,14-15H2,(H,24,26). The Hall–Kier alpha value is -3.03. The first-order chi connectivity index (χ1) is 14.4. The van der Waals surface area contributed by atoms with E-state index < -0.39 is 22.0 Å². The number of halogens is 1. The Kier molecular flexibility index (Phi) is 5.65. The minimum Gasteiger partial charge on any atom is -0.476 e. The Bertz CT molecular complexity index is 1150. The first-order valence-corrected chi connectivity index (χ1v) is 11.1. The first kappa shape index (κ1) is 20.3. The van der Waals surface area contributed by atoms with Crippen LogP contribution in [0.3, 0.4) is 0 Å². The average molecular weight is 443 g/mol. The van der Waals surface area contributed by atoms with Gasteiger partial charge < -0.3 is 10.1 Å². The lowest BCUT2D eigenvalue weighted by molar-refractivity contribution is -0.127. The molecule has 3 aromatic carbocycles. The second-order valence-electron chi connectivity index (χ2n) is 6.77. The van der Waals surface area contributed by atoms with Gasteiger partial charge in [-0.3, -0.25) is 9.10 Å². The third kappa shape index (κ3) is 4.13. The summed E-state index contributed by atoms with van der Waals surface area (Å²) < 4.78 is 33.6. The summed E-state index contributed by atoms with van der Waals surface area (Å²) in [5.74, 6) is -0.113. The van der Waals surface area contributed by atoms with Crippen LogP contribution in [0, 0.1) is 0 Å². The maximum absolute atomic E-state index is 13.3. The summed E-state index contributed by atoms with van der Waals surface area (Å²) in [5, 5.41) is 3.18. The zero-order valence-electron chi connectivity index (χ0n) is 15.9. The smallest absolute Gasteiger partial charge is 0.264 e. The number of benzene rings is 3. The van der Waals surface area contributed by atoms with E-state index in [1.807, 2.05) is 30.3 Å². The summed E-state index contributed by atoms with van der Waals surface area (Å²) in [6.45, 7) is 0.156. The van der Waals surface area contributed by atoms with Gasteiger partial charge in [0.1, 0.15) is 5.75 Å². The van der Waals surface area contributed by atoms with Gasteiger partial charge in [0.2, 0.25) is 0 Å². The SMILES string of the molecule is O=C(NCc1ccccc1)C1CN(S(=O)(=O)c2ccccc2)c2cc(Cl)ccc2O1. The molecule has 1 atom stereocenters. The highest BCUT2D eigenvalue weighted by Gasteiger charge is 2.37. The predicted molar refractivity (Wildman–Crippen MR) is 115 cm³/mol. The van der Waals surface area contributed by atoms with Gasteiger partial charge in [-0.2, -0.15) is 0 Å². The maximum atomic E-state index is 13.3. The number of ether oxygens (including phenoxy) is 1. The lowest BCUT2D eigenvalue weighted by atomic mass is 10.2. The molecule has 1 unspecified atom stereocenters. The molecular weight excluding hydrogens is 424 g/mol. The van der Waals surface area contributed by atoms with E-state index in [-0.39, 0.29) is 17.2 Å². The van der Waals surface area contributed by atoms with Crippen LogP contribution in [0.25, 0.3) is 0 Å². The molecule has 8 heteroatoms. The molecule has 0 aliphatic carbocycles. The molecular formula is C22H19ClN2O4S. The van der Waals surface area contributed by atoms with Crippen molar-refractivity contribution in [3.05, 3.63) is 89.4 Å². The van der Waals surface area contributed by atoms with Crippen LogP contribution in [-0.4, -0.2) is 27.0 Å². The lowest BCUT2D eigenvalue weighted by Crippen LogP contribution is -2.50. The molecule has 30 heavy (non-hydrogen) atoms. The van der Waals surface area contributed by atoms with Crippen molar-refractivity contribution in [1.29, 1.82) is 0 Å². The fourth-order valence-electron chi connectivity index (χ4n) is 3.21. The van der Waals surface area contributed by atoms with Crippen LogP contribution < -0.4 is 14.4 Å². The molecule has 4 rings (SSSR count). The quantitative estimate of drug-likeness (QED) is 0.655. The zero-order chi connectivity index (χ0) is 21.1. The van der Waals surface area contributed by atoms with Crippen molar-refractivity contribution < 1.29 is 17.9 Å². The molecule has 3 aromatic rings. The average Bonchev–Trinajstić information content (AvgIpc) is 2.78. The molecule has 1 aliphatic heterocycles. The number of amides is 1. The van der Waals surface area contributed by atoms with E-state index in [4.69, 9.17) is 16.3 Å². The summed E-state index contributed by atoms with van der Waals surface area (Å²) in [4.78, 5) is 12.9. The summed E-state index contributed by atoms with van der Waals surface area (Å²) in [6, 6.07) is 22.2. The van der Waals surface area contributed by atoms with Gasteiger partial charge in [0.05, 0.1) is 17.1 Å². The van der Waals surface area contributed by atoms with Crippen LogP contribution in [0.2, 0.25) is 5.02 Å². The molecule has 0 spiro atoms. The lowest BCUT2D eigenvalue weighted by Gasteiger charge is -2.34. The van der Waals surface area contributed by atoms with E-state index in [1.54, 1.807) is 30.3 Å². The molecule has 0 aromatic heterocycles. The van der Waals surface area contributed by atoms with Gasteiger partial charge in [0.25, 0.3) is 15.9 Å². The minimum atomic E-state index is -3.91. The van der Waals surface area contributed by atoms with Crippen molar-refractivity contribution in [2.45, 2.75) is 17.5 Å². The van der Waals surface area contributed by atoms with Crippen LogP contribution in [0.4, 0.5) is 5.69 Å². The van der Waals surface area contributed by atoms with Crippen molar-refractivity contribution in [2.24, 2.45) is 0 Å². The first-order valence-electron chi connectivity index (χ1n) is 9.31. The number of hydrogen-bond donors (Lipinski definition) is 1. The molecule has 0 fully saturated rings. The van der Waals surface area contributed by atoms with Gasteiger partial charge in [0.15, 0.2) is 6.10 Å². The minimum absolute atomic E-state index is 0.126. The molecule has 6 nitrogen and oxygen atoms in total. The summed E-state index contributed by atoms with van der Waals surface area (Å²) >= 11 is 6.10. The second-order valence-corrected chi connectivity index (χ2v) is 9.07. The highest BCUT2D eigenvalue weighted by atomic mass is 35.5. The number of carbonyl (C=O) groups excluding carboxylic acids is 1. The highest BCUT2D eigenvalue weighted by molar-refractivity contribution is 7.92. The Morgan fingerprint density at radius 2 is 1.70 bits per heavy atom. The van der Waals surface area contributed by atoms with Gasteiger partial charge in [0, 0.05) is 11.6 Å². The van der Waals surface area contributed by atoms with Crippen LogP contribution >= 0.6 is 11.6 Å². The molecule has 0 saturated heterocycles. The van der Waals surface area contributed by atoms with Crippen LogP contribution in [0.1, 0.15) is 5.56 Å². The van der Waals surface area contributed by atoms with Crippen molar-refractivity contribution in [1.82, 2.24) is 5.32 Å². The molecule has 0 bridgehead atoms. The number of nitrogens with zero attached hydrogens (tertiary/aromatic N) is 1. The molecule has 1 N–H and O–H groups in total. The van der Waals surface area contributed by atoms with E-state index in [9.17, 15) is 13.2 Å². The number of carbonyl (C=O) groups is 1. The van der Waals surface area contributed by atoms with Gasteiger partial charge in [-0.15, -0.1) is 0 Å². The van der Waals surface area contributed by atoms with Crippen molar-refractivity contribution >= 4 is 33.2 Å². The second kappa shape index (κ2) is 8.38. The van der Waals surface area contributed by atoms with Crippen molar-refractivity contribution in [2.75, 3.05) is 10.8 Å². The third-order valence-electron chi connectivity index (χ3n) is 4.72. The number of rotatable bonds is 5. The Morgan fingerprint density at radius 3 is 2.40 bits per heavy atom. The molecule has 1 heterocycles. The molecule has 1 amide bonds. The van der Waals surface area contributed by atoms with Gasteiger partial charge >= 0.3 is 0 Å². The van der Waals surface area contributed by atoms with Crippen molar-refractivity contribution in [3.8, 4) is 5.75 Å². The zero-order valence-corrected chi connectivity index (χ0v) is 17.4. The van der Waals surface area contributed by atoms with Crippen LogP contribution in [0.5, 0.6) is 5.75 Å². The summed E-state index contributed by atoms with van der Waals surface area (Å²) in [6.07, 6.45) is -0.999. The Balaban J connectivity index is 1.63. The van der Waals surface area contributed by atoms with E-state index in [1.165, 1.54) is 22.5 Å². The summed E-state index contributed by atoms with van der Waals surface area (Å²) in [7, 11) is -3.91. The predicted octanol–water partition coefficient (Wildman–Crippen LogP) is 3.61. The molecule has 1 aliphatic rings. The van der Waals surface area contributed by atoms with E-state index in [2.05, 4.69) is 5.32 Å². The van der Waals surface area contributed by atoms with Gasteiger partial charge in [-0.1, -0.05) is 60.1 Å². The fraction of sp³-hybridized carbons (Fsp3) is 0.136. The number of fused-ring (bicyclic) bond motifs is 1. The van der Waals surface area contributed by atoms with Crippen molar-refractivity contribution in [3.63, 3.8) is 0 Å². The Labute approximate surface area is 180 Å². The van der Waals surface area contributed by atoms with Crippen LogP contribution in [-0.2, 0) is 21.4 Å². The summed E-state index contributed by atoms with van der Waals surface area (Å²) in [5.41, 5.74) is 1.24. The van der Waals surface area contributed by atoms with E-state index >= 15 is 0 Å². The normalized spacial score (nSPS) is 15.8. The molecule has 0 saturated carbocycles. The van der Waals surface area contributed by atoms with E-state index in [0.29, 0.717) is 17.3 Å². The number of sulfonamides is 1. The molecule has 0 radical (unpaired) electrons. The van der Waals surface area contributed by atoms with E-state index in [0.717, 1.165) is 5.56 Å². The van der Waals surface area contributed by atoms with Crippen LogP contribution in [0.15, 0.2) is 83.8 Å². The van der Waals surface area contributed by atoms with Gasteiger partial charge in [-0.25, -0.2) is 8.42 Å². The highest BCUT2D eigenvalue weighted by Crippen LogP contribution is 2.38. The topological polar surface area (TPSA) is 75.7 Å². The van der Waals surface area contributed by atoms with Gasteiger partial charge in [-0.05, 0) is 35.9 Å². The number of hydrogen-bond acceptors (Lipinski definition) is 4. The molecule has 154 valence electrons. The maximum Gasteiger partial charge on any atom is 0.264 e. The Morgan fingerprint density at radius 1 is 1.03 bits per heavy atom. The third-order valence-corrected chi connectivity index (χ3v) is 6.75. The fourth-order valence-corrected chi connectivity index (χ4v) is 4.86. The largest absolute Gasteiger partial charge is 0.476 e.